The van der Waals surface area contributed by atoms with Crippen LogP contribution < -0.4 is 10.1 Å². The van der Waals surface area contributed by atoms with Crippen LogP contribution in [0.4, 0.5) is 5.13 Å². The lowest BCUT2D eigenvalue weighted by Gasteiger charge is -2.10. The number of hydrogen-bond acceptors (Lipinski definition) is 4. The van der Waals surface area contributed by atoms with E-state index in [0.29, 0.717) is 17.3 Å². The quantitative estimate of drug-likeness (QED) is 0.740. The summed E-state index contributed by atoms with van der Waals surface area (Å²) >= 11 is 1.48. The van der Waals surface area contributed by atoms with E-state index in [1.54, 1.807) is 6.07 Å². The summed E-state index contributed by atoms with van der Waals surface area (Å²) in [5, 5.41) is 3.49. The monoisotopic (exact) mass is 338 g/mol. The number of benzene rings is 2. The van der Waals surface area contributed by atoms with Crippen molar-refractivity contribution in [2.24, 2.45) is 0 Å². The number of hydrogen-bond donors (Lipinski definition) is 1. The van der Waals surface area contributed by atoms with Gasteiger partial charge in [-0.1, -0.05) is 36.4 Å². The van der Waals surface area contributed by atoms with Crippen molar-refractivity contribution in [3.8, 4) is 5.75 Å². The zero-order valence-electron chi connectivity index (χ0n) is 13.6. The molecule has 0 saturated carbocycles. The summed E-state index contributed by atoms with van der Waals surface area (Å²) in [4.78, 5) is 18.0. The van der Waals surface area contributed by atoms with Crippen molar-refractivity contribution in [1.82, 2.24) is 4.98 Å². The van der Waals surface area contributed by atoms with Gasteiger partial charge in [0.25, 0.3) is 5.91 Å². The number of amides is 1. The van der Waals surface area contributed by atoms with E-state index in [-0.39, 0.29) is 5.91 Å². The molecule has 4 nitrogen and oxygen atoms in total. The number of nitrogens with zero attached hydrogens (tertiary/aromatic N) is 1. The Morgan fingerprint density at radius 2 is 1.79 bits per heavy atom. The summed E-state index contributed by atoms with van der Waals surface area (Å²) in [5.41, 5.74) is 2.37. The van der Waals surface area contributed by atoms with Crippen LogP contribution in [-0.2, 0) is 6.61 Å². The van der Waals surface area contributed by atoms with E-state index in [1.807, 2.05) is 62.4 Å². The molecule has 0 saturated heterocycles. The highest BCUT2D eigenvalue weighted by molar-refractivity contribution is 7.15. The predicted molar refractivity (Wildman–Crippen MR) is 96.8 cm³/mol. The van der Waals surface area contributed by atoms with Gasteiger partial charge < -0.3 is 4.74 Å². The number of rotatable bonds is 5. The molecule has 0 fully saturated rings. The predicted octanol–water partition coefficient (Wildman–Crippen LogP) is 4.59. The summed E-state index contributed by atoms with van der Waals surface area (Å²) in [6, 6.07) is 17.0. The molecule has 1 heterocycles. The Kier molecular flexibility index (Phi) is 4.91. The van der Waals surface area contributed by atoms with Gasteiger partial charge in [-0.05, 0) is 32.0 Å². The summed E-state index contributed by atoms with van der Waals surface area (Å²) in [7, 11) is 0. The van der Waals surface area contributed by atoms with Gasteiger partial charge in [0.1, 0.15) is 12.4 Å². The Morgan fingerprint density at radius 3 is 2.50 bits per heavy atom. The van der Waals surface area contributed by atoms with Crippen LogP contribution in [0.5, 0.6) is 5.75 Å². The first-order valence-electron chi connectivity index (χ1n) is 7.64. The SMILES string of the molecule is Cc1nc(NC(=O)c2ccccc2COc2ccccc2)sc1C. The molecule has 0 aliphatic heterocycles. The van der Waals surface area contributed by atoms with Crippen LogP contribution in [-0.4, -0.2) is 10.9 Å². The van der Waals surface area contributed by atoms with Crippen LogP contribution in [0.25, 0.3) is 0 Å². The standard InChI is InChI=1S/C19H18N2O2S/c1-13-14(2)24-19(20-13)21-18(22)17-11-7-6-8-15(17)12-23-16-9-4-3-5-10-16/h3-11H,12H2,1-2H3,(H,20,21,22). The van der Waals surface area contributed by atoms with Gasteiger partial charge in [-0.25, -0.2) is 4.98 Å². The molecule has 0 unspecified atom stereocenters. The molecule has 3 aromatic rings. The van der Waals surface area contributed by atoms with Crippen LogP contribution in [0.15, 0.2) is 54.6 Å². The van der Waals surface area contributed by atoms with E-state index in [1.165, 1.54) is 11.3 Å². The highest BCUT2D eigenvalue weighted by Gasteiger charge is 2.14. The van der Waals surface area contributed by atoms with Crippen LogP contribution in [0.3, 0.4) is 0 Å². The zero-order valence-corrected chi connectivity index (χ0v) is 14.4. The number of ether oxygens (including phenoxy) is 1. The van der Waals surface area contributed by atoms with Crippen LogP contribution in [0, 0.1) is 13.8 Å². The Hall–Kier alpha value is -2.66. The Balaban J connectivity index is 1.74. The van der Waals surface area contributed by atoms with Crippen molar-refractivity contribution in [1.29, 1.82) is 0 Å². The fourth-order valence-electron chi connectivity index (χ4n) is 2.24. The van der Waals surface area contributed by atoms with Gasteiger partial charge in [0.2, 0.25) is 0 Å². The van der Waals surface area contributed by atoms with Gasteiger partial charge in [0.15, 0.2) is 5.13 Å². The average molecular weight is 338 g/mol. The Labute approximate surface area is 145 Å². The fraction of sp³-hybridized carbons (Fsp3) is 0.158. The number of aromatic nitrogens is 1. The van der Waals surface area contributed by atoms with Gasteiger partial charge in [0, 0.05) is 16.0 Å². The van der Waals surface area contributed by atoms with E-state index in [2.05, 4.69) is 10.3 Å². The van der Waals surface area contributed by atoms with Crippen molar-refractivity contribution in [3.63, 3.8) is 0 Å². The molecule has 1 amide bonds. The molecule has 0 bridgehead atoms. The summed E-state index contributed by atoms with van der Waals surface area (Å²) in [6.45, 7) is 4.26. The van der Waals surface area contributed by atoms with Gasteiger partial charge in [0.05, 0.1) is 5.69 Å². The molecule has 0 aliphatic carbocycles. The second-order valence-electron chi connectivity index (χ2n) is 5.37. The number of carbonyl (C=O) groups is 1. The van der Waals surface area contributed by atoms with E-state index < -0.39 is 0 Å². The lowest BCUT2D eigenvalue weighted by molar-refractivity contribution is 0.102. The maximum Gasteiger partial charge on any atom is 0.257 e. The lowest BCUT2D eigenvalue weighted by Crippen LogP contribution is -2.15. The largest absolute Gasteiger partial charge is 0.489 e. The molecule has 122 valence electrons. The summed E-state index contributed by atoms with van der Waals surface area (Å²) in [6.07, 6.45) is 0. The van der Waals surface area contributed by atoms with Crippen molar-refractivity contribution >= 4 is 22.4 Å². The number of aryl methyl sites for hydroxylation is 2. The minimum atomic E-state index is -0.170. The molecule has 1 N–H and O–H groups in total. The van der Waals surface area contributed by atoms with Crippen molar-refractivity contribution in [2.75, 3.05) is 5.32 Å². The van der Waals surface area contributed by atoms with Gasteiger partial charge >= 0.3 is 0 Å². The minimum Gasteiger partial charge on any atom is -0.489 e. The van der Waals surface area contributed by atoms with E-state index in [4.69, 9.17) is 4.74 Å². The molecular formula is C19H18N2O2S. The fourth-order valence-corrected chi connectivity index (χ4v) is 3.05. The van der Waals surface area contributed by atoms with E-state index in [0.717, 1.165) is 21.9 Å². The third-order valence-electron chi connectivity index (χ3n) is 3.65. The molecule has 3 rings (SSSR count). The maximum atomic E-state index is 12.6. The second kappa shape index (κ2) is 7.27. The van der Waals surface area contributed by atoms with Crippen molar-refractivity contribution < 1.29 is 9.53 Å². The first kappa shape index (κ1) is 16.2. The summed E-state index contributed by atoms with van der Waals surface area (Å²) in [5.74, 6) is 0.606. The number of carbonyl (C=O) groups excluding carboxylic acids is 1. The van der Waals surface area contributed by atoms with Gasteiger partial charge in [-0.15, -0.1) is 11.3 Å². The smallest absolute Gasteiger partial charge is 0.257 e. The van der Waals surface area contributed by atoms with Crippen LogP contribution in [0.1, 0.15) is 26.5 Å². The molecule has 2 aromatic carbocycles. The van der Waals surface area contributed by atoms with Crippen molar-refractivity contribution in [3.05, 3.63) is 76.3 Å². The average Bonchev–Trinajstić information content (AvgIpc) is 2.91. The topological polar surface area (TPSA) is 51.2 Å². The number of nitrogens with one attached hydrogen (secondary N) is 1. The summed E-state index contributed by atoms with van der Waals surface area (Å²) < 4.78 is 5.76. The third kappa shape index (κ3) is 3.81. The molecule has 1 aromatic heterocycles. The van der Waals surface area contributed by atoms with Crippen LogP contribution in [0.2, 0.25) is 0 Å². The molecule has 0 radical (unpaired) electrons. The molecule has 5 heteroatoms. The number of anilines is 1. The molecule has 0 aliphatic rings. The first-order valence-corrected chi connectivity index (χ1v) is 8.46. The highest BCUT2D eigenvalue weighted by Crippen LogP contribution is 2.22. The van der Waals surface area contributed by atoms with Crippen LogP contribution >= 0.6 is 11.3 Å². The first-order chi connectivity index (χ1) is 11.6. The van der Waals surface area contributed by atoms with E-state index in [9.17, 15) is 4.79 Å². The molecule has 0 atom stereocenters. The maximum absolute atomic E-state index is 12.6. The number of thiazole rings is 1. The third-order valence-corrected chi connectivity index (χ3v) is 4.64. The minimum absolute atomic E-state index is 0.170. The normalized spacial score (nSPS) is 10.4. The number of para-hydroxylation sites is 1. The zero-order chi connectivity index (χ0) is 16.9. The van der Waals surface area contributed by atoms with Gasteiger partial charge in [-0.3, -0.25) is 10.1 Å². The lowest BCUT2D eigenvalue weighted by atomic mass is 10.1. The molecule has 24 heavy (non-hydrogen) atoms. The second-order valence-corrected chi connectivity index (χ2v) is 6.58. The van der Waals surface area contributed by atoms with E-state index >= 15 is 0 Å². The van der Waals surface area contributed by atoms with Gasteiger partial charge in [-0.2, -0.15) is 0 Å². The molecule has 0 spiro atoms. The van der Waals surface area contributed by atoms with Crippen molar-refractivity contribution in [2.45, 2.75) is 20.5 Å². The Morgan fingerprint density at radius 1 is 1.08 bits per heavy atom. The highest BCUT2D eigenvalue weighted by atomic mass is 32.1. The Bertz CT molecular complexity index is 824. The molecular weight excluding hydrogens is 320 g/mol.